The summed E-state index contributed by atoms with van der Waals surface area (Å²) in [5.74, 6) is -0.640. The van der Waals surface area contributed by atoms with Gasteiger partial charge >= 0.3 is 11.9 Å². The molecule has 0 heterocycles. The van der Waals surface area contributed by atoms with Crippen molar-refractivity contribution in [1.82, 2.24) is 0 Å². The van der Waals surface area contributed by atoms with Crippen LogP contribution in [0, 0.1) is 0 Å². The van der Waals surface area contributed by atoms with Crippen LogP contribution in [0.25, 0.3) is 0 Å². The summed E-state index contributed by atoms with van der Waals surface area (Å²) >= 11 is 0. The molecule has 0 unspecified atom stereocenters. The molecular formula is C40H74O5. The first-order valence-electron chi connectivity index (χ1n) is 19.4. The third-order valence-corrected chi connectivity index (χ3v) is 8.48. The van der Waals surface area contributed by atoms with Crippen LogP contribution < -0.4 is 0 Å². The number of esters is 2. The van der Waals surface area contributed by atoms with E-state index in [0.29, 0.717) is 12.8 Å². The fourth-order valence-electron chi connectivity index (χ4n) is 5.51. The lowest BCUT2D eigenvalue weighted by atomic mass is 10.0. The molecule has 0 rings (SSSR count). The highest BCUT2D eigenvalue weighted by Gasteiger charge is 2.16. The summed E-state index contributed by atoms with van der Waals surface area (Å²) in [6.45, 7) is 4.08. The Morgan fingerprint density at radius 2 is 0.867 bits per heavy atom. The molecule has 0 saturated heterocycles. The van der Waals surface area contributed by atoms with E-state index in [9.17, 15) is 14.7 Å². The van der Waals surface area contributed by atoms with Crippen molar-refractivity contribution in [3.63, 3.8) is 0 Å². The van der Waals surface area contributed by atoms with E-state index in [4.69, 9.17) is 9.47 Å². The Bertz CT molecular complexity index is 686. The number of carbonyl (C=O) groups excluding carboxylic acids is 2. The summed E-state index contributed by atoms with van der Waals surface area (Å²) in [5.41, 5.74) is 0. The predicted octanol–water partition coefficient (Wildman–Crippen LogP) is 11.9. The van der Waals surface area contributed by atoms with Crippen molar-refractivity contribution in [2.24, 2.45) is 0 Å². The van der Waals surface area contributed by atoms with E-state index in [-0.39, 0.29) is 25.2 Å². The Balaban J connectivity index is 3.54. The highest BCUT2D eigenvalue weighted by Crippen LogP contribution is 2.14. The molecule has 0 radical (unpaired) electrons. The van der Waals surface area contributed by atoms with E-state index >= 15 is 0 Å². The van der Waals surface area contributed by atoms with Gasteiger partial charge in [0, 0.05) is 12.8 Å². The number of allylic oxidation sites excluding steroid dienone is 4. The minimum Gasteiger partial charge on any atom is -0.462 e. The fourth-order valence-corrected chi connectivity index (χ4v) is 5.51. The Kier molecular flexibility index (Phi) is 35.5. The molecule has 0 fully saturated rings. The number of rotatable bonds is 35. The average Bonchev–Trinajstić information content (AvgIpc) is 3.04. The van der Waals surface area contributed by atoms with Gasteiger partial charge in [-0.15, -0.1) is 0 Å². The minimum absolute atomic E-state index is 0.0833. The van der Waals surface area contributed by atoms with Crippen molar-refractivity contribution < 1.29 is 24.2 Å². The van der Waals surface area contributed by atoms with Crippen molar-refractivity contribution in [3.8, 4) is 0 Å². The zero-order valence-corrected chi connectivity index (χ0v) is 29.9. The summed E-state index contributed by atoms with van der Waals surface area (Å²) in [7, 11) is 0. The van der Waals surface area contributed by atoms with Crippen LogP contribution in [-0.4, -0.2) is 36.4 Å². The van der Waals surface area contributed by atoms with Crippen molar-refractivity contribution in [3.05, 3.63) is 24.3 Å². The van der Waals surface area contributed by atoms with E-state index in [1.165, 1.54) is 128 Å². The van der Waals surface area contributed by atoms with E-state index < -0.39 is 6.10 Å². The number of hydrogen-bond donors (Lipinski definition) is 1. The van der Waals surface area contributed by atoms with E-state index in [1.807, 2.05) is 0 Å². The van der Waals surface area contributed by atoms with Crippen molar-refractivity contribution in [1.29, 1.82) is 0 Å². The molecule has 0 amide bonds. The number of unbranched alkanes of at least 4 members (excludes halogenated alkanes) is 23. The Morgan fingerprint density at radius 3 is 1.33 bits per heavy atom. The van der Waals surface area contributed by atoms with Crippen LogP contribution in [0.2, 0.25) is 0 Å². The number of carbonyl (C=O) groups is 2. The SMILES string of the molecule is CCCCCCCCCCCCCCCC/C=C/CC/C=C/CCCC(=O)OC[C@H](CO)OC(=O)CCCCCCCCCC. The summed E-state index contributed by atoms with van der Waals surface area (Å²) < 4.78 is 10.5. The van der Waals surface area contributed by atoms with Gasteiger partial charge in [0.15, 0.2) is 6.10 Å². The third-order valence-electron chi connectivity index (χ3n) is 8.48. The third kappa shape index (κ3) is 35.1. The molecule has 0 bridgehead atoms. The van der Waals surface area contributed by atoms with Gasteiger partial charge < -0.3 is 14.6 Å². The molecule has 45 heavy (non-hydrogen) atoms. The van der Waals surface area contributed by atoms with Crippen LogP contribution in [0.3, 0.4) is 0 Å². The highest BCUT2D eigenvalue weighted by atomic mass is 16.6. The highest BCUT2D eigenvalue weighted by molar-refractivity contribution is 5.70. The molecule has 0 aromatic carbocycles. The van der Waals surface area contributed by atoms with Gasteiger partial charge in [0.1, 0.15) is 6.61 Å². The lowest BCUT2D eigenvalue weighted by molar-refractivity contribution is -0.161. The maximum Gasteiger partial charge on any atom is 0.306 e. The minimum atomic E-state index is -0.780. The van der Waals surface area contributed by atoms with E-state index in [2.05, 4.69) is 38.2 Å². The van der Waals surface area contributed by atoms with Gasteiger partial charge in [-0.3, -0.25) is 9.59 Å². The van der Waals surface area contributed by atoms with Crippen LogP contribution in [-0.2, 0) is 19.1 Å². The first-order chi connectivity index (χ1) is 22.1. The van der Waals surface area contributed by atoms with Gasteiger partial charge in [-0.2, -0.15) is 0 Å². The second-order valence-electron chi connectivity index (χ2n) is 13.0. The quantitative estimate of drug-likeness (QED) is 0.0426. The zero-order valence-electron chi connectivity index (χ0n) is 29.9. The molecule has 0 aromatic heterocycles. The standard InChI is InChI=1S/C40H74O5/c1-3-5-7-9-11-13-14-15-16-17-18-19-20-21-22-23-24-25-26-27-29-30-32-34-39(42)44-37-38(36-41)45-40(43)35-33-31-28-12-10-8-6-4-2/h23-24,27,29,38,41H,3-22,25-26,28,30-37H2,1-2H3/b24-23+,29-27+/t38-/m0/s1. The molecule has 1 atom stereocenters. The Morgan fingerprint density at radius 1 is 0.489 bits per heavy atom. The topological polar surface area (TPSA) is 72.8 Å². The molecule has 0 aromatic rings. The molecule has 1 N–H and O–H groups in total. The monoisotopic (exact) mass is 635 g/mol. The zero-order chi connectivity index (χ0) is 32.9. The Hall–Kier alpha value is -1.62. The maximum absolute atomic E-state index is 12.0. The molecule has 5 nitrogen and oxygen atoms in total. The molecule has 0 saturated carbocycles. The Labute approximate surface area is 279 Å². The van der Waals surface area contributed by atoms with Crippen LogP contribution in [0.5, 0.6) is 0 Å². The van der Waals surface area contributed by atoms with Crippen LogP contribution in [0.1, 0.15) is 200 Å². The lowest BCUT2D eigenvalue weighted by Crippen LogP contribution is -2.28. The van der Waals surface area contributed by atoms with Gasteiger partial charge in [0.05, 0.1) is 6.61 Å². The summed E-state index contributed by atoms with van der Waals surface area (Å²) in [6.07, 6.45) is 42.7. The molecule has 0 spiro atoms. The second kappa shape index (κ2) is 36.8. The molecule has 5 heteroatoms. The summed E-state index contributed by atoms with van der Waals surface area (Å²) in [4.78, 5) is 24.1. The summed E-state index contributed by atoms with van der Waals surface area (Å²) in [5, 5.41) is 9.48. The van der Waals surface area contributed by atoms with Gasteiger partial charge in [-0.05, 0) is 44.9 Å². The maximum atomic E-state index is 12.0. The summed E-state index contributed by atoms with van der Waals surface area (Å²) in [6, 6.07) is 0. The largest absolute Gasteiger partial charge is 0.462 e. The molecular weight excluding hydrogens is 560 g/mol. The normalized spacial score (nSPS) is 12.3. The first kappa shape index (κ1) is 43.4. The van der Waals surface area contributed by atoms with Crippen LogP contribution in [0.4, 0.5) is 0 Å². The molecule has 264 valence electrons. The van der Waals surface area contributed by atoms with Gasteiger partial charge in [-0.1, -0.05) is 167 Å². The smallest absolute Gasteiger partial charge is 0.306 e. The first-order valence-corrected chi connectivity index (χ1v) is 19.4. The van der Waals surface area contributed by atoms with Gasteiger partial charge in [0.25, 0.3) is 0 Å². The molecule has 0 aliphatic rings. The number of aliphatic hydroxyl groups excluding tert-OH is 1. The number of aliphatic hydroxyl groups is 1. The van der Waals surface area contributed by atoms with E-state index in [1.54, 1.807) is 0 Å². The van der Waals surface area contributed by atoms with Crippen molar-refractivity contribution in [2.45, 2.75) is 206 Å². The van der Waals surface area contributed by atoms with Gasteiger partial charge in [0.2, 0.25) is 0 Å². The van der Waals surface area contributed by atoms with Crippen LogP contribution in [0.15, 0.2) is 24.3 Å². The van der Waals surface area contributed by atoms with Crippen molar-refractivity contribution in [2.75, 3.05) is 13.2 Å². The fraction of sp³-hybridized carbons (Fsp3) is 0.850. The number of ether oxygens (including phenoxy) is 2. The van der Waals surface area contributed by atoms with Crippen molar-refractivity contribution >= 4 is 11.9 Å². The van der Waals surface area contributed by atoms with Crippen LogP contribution >= 0.6 is 0 Å². The average molecular weight is 635 g/mol. The molecule has 0 aliphatic heterocycles. The van der Waals surface area contributed by atoms with Gasteiger partial charge in [-0.25, -0.2) is 0 Å². The van der Waals surface area contributed by atoms with E-state index in [0.717, 1.165) is 44.9 Å². The predicted molar refractivity (Wildman–Crippen MR) is 191 cm³/mol. The number of hydrogen-bond acceptors (Lipinski definition) is 5. The molecule has 0 aliphatic carbocycles. The lowest BCUT2D eigenvalue weighted by Gasteiger charge is -2.15. The second-order valence-corrected chi connectivity index (χ2v) is 13.0.